The van der Waals surface area contributed by atoms with E-state index in [1.54, 1.807) is 6.20 Å². The maximum Gasteiger partial charge on any atom is 0.408 e. The van der Waals surface area contributed by atoms with Crippen LogP contribution < -0.4 is 20.9 Å². The van der Waals surface area contributed by atoms with Gasteiger partial charge in [-0.3, -0.25) is 23.9 Å². The number of carbonyl (C=O) groups is 4. The van der Waals surface area contributed by atoms with Crippen LogP contribution in [-0.4, -0.2) is 87.4 Å². The lowest BCUT2D eigenvalue weighted by Crippen LogP contribution is -2.58. The lowest BCUT2D eigenvalue weighted by atomic mass is 9.96. The van der Waals surface area contributed by atoms with Gasteiger partial charge in [0.25, 0.3) is 11.5 Å². The third kappa shape index (κ3) is 6.45. The highest BCUT2D eigenvalue weighted by atomic mass is 32.2. The molecule has 4 amide bonds. The molecule has 5 aliphatic rings. The van der Waals surface area contributed by atoms with Crippen LogP contribution in [0.1, 0.15) is 83.1 Å². The lowest BCUT2D eigenvalue weighted by molar-refractivity contribution is -0.141. The minimum absolute atomic E-state index is 0.00592. The summed E-state index contributed by atoms with van der Waals surface area (Å²) in [5.74, 6) is -2.42. The molecule has 4 heterocycles. The maximum atomic E-state index is 14.5. The number of para-hydroxylation sites is 1. The topological polar surface area (TPSA) is 202 Å². The van der Waals surface area contributed by atoms with Gasteiger partial charge in [-0.05, 0) is 63.9 Å². The minimum Gasteiger partial charge on any atom is -0.446 e. The molecule has 4 fully saturated rings. The number of sulfonamides is 1. The first kappa shape index (κ1) is 34.4. The highest BCUT2D eigenvalue weighted by Crippen LogP contribution is 2.46. The highest BCUT2D eigenvalue weighted by Gasteiger charge is 2.62. The number of hydrogen-bond donors (Lipinski definition) is 4. The Balaban J connectivity index is 1.12. The average Bonchev–Trinajstić information content (AvgIpc) is 3.99. The molecule has 2 aliphatic heterocycles. The molecule has 0 bridgehead atoms. The van der Waals surface area contributed by atoms with Gasteiger partial charge < -0.3 is 25.3 Å². The number of nitrogens with one attached hydrogen (secondary N) is 4. The molecule has 0 spiro atoms. The molecule has 16 heteroatoms. The van der Waals surface area contributed by atoms with Crippen molar-refractivity contribution in [1.82, 2.24) is 35.0 Å². The zero-order chi connectivity index (χ0) is 36.2. The summed E-state index contributed by atoms with van der Waals surface area (Å²) in [6.07, 6.45) is 11.3. The number of benzene rings is 1. The van der Waals surface area contributed by atoms with E-state index >= 15 is 0 Å². The number of amides is 4. The molecule has 3 saturated carbocycles. The molecule has 1 saturated heterocycles. The van der Waals surface area contributed by atoms with Crippen molar-refractivity contribution in [3.05, 3.63) is 53.0 Å². The Morgan fingerprint density at radius 2 is 1.79 bits per heavy atom. The van der Waals surface area contributed by atoms with Gasteiger partial charge in [0.05, 0.1) is 17.5 Å². The minimum atomic E-state index is -3.90. The van der Waals surface area contributed by atoms with Crippen LogP contribution >= 0.6 is 0 Å². The fourth-order valence-corrected chi connectivity index (χ4v) is 9.15. The molecule has 4 N–H and O–H groups in total. The van der Waals surface area contributed by atoms with Gasteiger partial charge in [-0.2, -0.15) is 5.10 Å². The van der Waals surface area contributed by atoms with E-state index in [1.807, 2.05) is 36.4 Å². The van der Waals surface area contributed by atoms with Crippen LogP contribution in [0.3, 0.4) is 0 Å². The Morgan fingerprint density at radius 1 is 0.981 bits per heavy atom. The van der Waals surface area contributed by atoms with E-state index in [-0.39, 0.29) is 25.5 Å². The van der Waals surface area contributed by atoms with Crippen LogP contribution in [0, 0.1) is 5.92 Å². The van der Waals surface area contributed by atoms with Crippen molar-refractivity contribution in [2.24, 2.45) is 5.92 Å². The molecule has 3 aromatic rings. The third-order valence-electron chi connectivity index (χ3n) is 11.3. The van der Waals surface area contributed by atoms with Gasteiger partial charge in [0.15, 0.2) is 0 Å². The van der Waals surface area contributed by atoms with Gasteiger partial charge >= 0.3 is 6.09 Å². The third-order valence-corrected chi connectivity index (χ3v) is 13.1. The van der Waals surface area contributed by atoms with E-state index in [0.717, 1.165) is 43.0 Å². The van der Waals surface area contributed by atoms with Crippen LogP contribution in [-0.2, 0) is 29.1 Å². The predicted octanol–water partition coefficient (Wildman–Crippen LogP) is 2.67. The summed E-state index contributed by atoms with van der Waals surface area (Å²) >= 11 is 0. The summed E-state index contributed by atoms with van der Waals surface area (Å²) in [4.78, 5) is 73.9. The molecular formula is C36H43N7O8S. The Bertz CT molecular complexity index is 2140. The smallest absolute Gasteiger partial charge is 0.408 e. The average molecular weight is 734 g/mol. The van der Waals surface area contributed by atoms with Crippen LogP contribution in [0.4, 0.5) is 4.79 Å². The quantitative estimate of drug-likeness (QED) is 0.275. The van der Waals surface area contributed by atoms with Crippen molar-refractivity contribution in [2.45, 2.75) is 112 Å². The van der Waals surface area contributed by atoms with Crippen LogP contribution in [0.15, 0.2) is 47.4 Å². The number of aromatic nitrogens is 3. The van der Waals surface area contributed by atoms with Gasteiger partial charge in [-0.15, -0.1) is 0 Å². The Morgan fingerprint density at radius 3 is 2.56 bits per heavy atom. The largest absolute Gasteiger partial charge is 0.446 e. The fourth-order valence-electron chi connectivity index (χ4n) is 7.79. The van der Waals surface area contributed by atoms with Crippen molar-refractivity contribution < 1.29 is 32.3 Å². The second-order valence-corrected chi connectivity index (χ2v) is 16.9. The van der Waals surface area contributed by atoms with Crippen molar-refractivity contribution in [3.8, 4) is 0 Å². The number of allylic oxidation sites excluding steroid dienone is 1. The van der Waals surface area contributed by atoms with Gasteiger partial charge in [0, 0.05) is 35.2 Å². The van der Waals surface area contributed by atoms with Gasteiger partial charge in [-0.25, -0.2) is 17.9 Å². The van der Waals surface area contributed by atoms with Crippen LogP contribution in [0.2, 0.25) is 0 Å². The molecule has 15 nitrogen and oxygen atoms in total. The van der Waals surface area contributed by atoms with E-state index < -0.39 is 74.2 Å². The fraction of sp³-hybridized carbons (Fsp3) is 0.556. The first-order valence-electron chi connectivity index (χ1n) is 18.3. The summed E-state index contributed by atoms with van der Waals surface area (Å²) < 4.78 is 34.6. The molecular weight excluding hydrogens is 691 g/mol. The lowest BCUT2D eigenvalue weighted by Gasteiger charge is -2.31. The zero-order valence-corrected chi connectivity index (χ0v) is 29.5. The second kappa shape index (κ2) is 13.4. The molecule has 8 rings (SSSR count). The molecule has 52 heavy (non-hydrogen) atoms. The van der Waals surface area contributed by atoms with Gasteiger partial charge in [0.2, 0.25) is 21.8 Å². The van der Waals surface area contributed by atoms with E-state index in [1.165, 1.54) is 9.58 Å². The number of fused-ring (bicyclic) bond motifs is 5. The van der Waals surface area contributed by atoms with E-state index in [0.29, 0.717) is 43.0 Å². The number of carbonyl (C=O) groups excluding carboxylic acids is 4. The number of H-pyrrole nitrogens is 1. The number of nitrogens with zero attached hydrogens (tertiary/aromatic N) is 3. The highest BCUT2D eigenvalue weighted by molar-refractivity contribution is 7.91. The zero-order valence-electron chi connectivity index (χ0n) is 28.7. The standard InChI is InChI=1S/C36H43N7O8S/c44-31-29-17-22(43-33(46)30-26(19-37-43)25-12-6-7-13-27(25)38-30)20-42(29)32(45)28(39-35(48)51-23-10-8-11-23)14-5-3-1-2-4-9-21-18-36(21,40-31)34(47)41-52(49,50)24-15-16-24/h4,6-7,9,12-13,19,21-24,28-29,38H,1-3,5,8,10-11,14-18,20H2,(H,39,48)(H,40,44)(H,41,47)/b9-4-/t21?,22?,28?,29-,36?/m0/s1. The number of aromatic amines is 1. The molecule has 276 valence electrons. The summed E-state index contributed by atoms with van der Waals surface area (Å²) in [5, 5.41) is 11.0. The molecule has 2 aromatic heterocycles. The normalized spacial score (nSPS) is 29.2. The summed E-state index contributed by atoms with van der Waals surface area (Å²) in [7, 11) is -3.90. The van der Waals surface area contributed by atoms with Crippen molar-refractivity contribution >= 4 is 55.6 Å². The van der Waals surface area contributed by atoms with Crippen molar-refractivity contribution in [1.29, 1.82) is 0 Å². The molecule has 1 aromatic carbocycles. The van der Waals surface area contributed by atoms with Crippen molar-refractivity contribution in [3.63, 3.8) is 0 Å². The number of rotatable bonds is 6. The summed E-state index contributed by atoms with van der Waals surface area (Å²) in [5.41, 5.74) is -0.826. The first-order chi connectivity index (χ1) is 25.0. The Hall–Kier alpha value is -4.73. The molecule has 5 atom stereocenters. The predicted molar refractivity (Wildman–Crippen MR) is 189 cm³/mol. The monoisotopic (exact) mass is 733 g/mol. The maximum absolute atomic E-state index is 14.5. The number of ether oxygens (including phenoxy) is 1. The van der Waals surface area contributed by atoms with Crippen LogP contribution in [0.5, 0.6) is 0 Å². The summed E-state index contributed by atoms with van der Waals surface area (Å²) in [6.45, 7) is -0.0655. The van der Waals surface area contributed by atoms with E-state index in [2.05, 4.69) is 25.4 Å². The number of alkyl carbamates (subject to hydrolysis) is 1. The van der Waals surface area contributed by atoms with Crippen LogP contribution in [0.25, 0.3) is 21.8 Å². The summed E-state index contributed by atoms with van der Waals surface area (Å²) in [6, 6.07) is 4.60. The first-order valence-corrected chi connectivity index (χ1v) is 19.9. The molecule has 4 unspecified atom stereocenters. The SMILES string of the molecule is O=C(NC1CCCCC/C=C\C2CC2(C(=O)NS(=O)(=O)C2CC2)NC(=O)[C@@H]2CC(n3ncc4c([nH]c5ccccc54)c3=O)CN2C1=O)OC1CCC1. The Labute approximate surface area is 299 Å². The van der Waals surface area contributed by atoms with E-state index in [9.17, 15) is 32.4 Å². The number of hydrogen-bond acceptors (Lipinski definition) is 9. The van der Waals surface area contributed by atoms with Crippen molar-refractivity contribution in [2.75, 3.05) is 6.54 Å². The van der Waals surface area contributed by atoms with E-state index in [4.69, 9.17) is 4.74 Å². The molecule has 3 aliphatic carbocycles. The Kier molecular flexibility index (Phi) is 8.82. The van der Waals surface area contributed by atoms with Gasteiger partial charge in [-0.1, -0.05) is 43.2 Å². The second-order valence-electron chi connectivity index (χ2n) is 14.9. The molecule has 0 radical (unpaired) electrons. The van der Waals surface area contributed by atoms with Gasteiger partial charge in [0.1, 0.15) is 29.2 Å².